The van der Waals surface area contributed by atoms with E-state index in [0.29, 0.717) is 24.5 Å². The summed E-state index contributed by atoms with van der Waals surface area (Å²) in [6.45, 7) is 7.20. The third kappa shape index (κ3) is 2.77. The van der Waals surface area contributed by atoms with E-state index in [0.717, 1.165) is 25.7 Å². The molecule has 1 aliphatic heterocycles. The highest BCUT2D eigenvalue weighted by Gasteiger charge is 2.68. The van der Waals surface area contributed by atoms with Crippen LogP contribution in [-0.4, -0.2) is 25.7 Å². The van der Waals surface area contributed by atoms with Crippen molar-refractivity contribution in [2.24, 2.45) is 22.7 Å². The van der Waals surface area contributed by atoms with Gasteiger partial charge in [0.05, 0.1) is 13.2 Å². The van der Waals surface area contributed by atoms with E-state index in [9.17, 15) is 4.79 Å². The lowest BCUT2D eigenvalue weighted by Crippen LogP contribution is -2.58. The number of hydrogen-bond donors (Lipinski definition) is 1. The molecule has 0 unspecified atom stereocenters. The van der Waals surface area contributed by atoms with Crippen LogP contribution in [0.2, 0.25) is 0 Å². The van der Waals surface area contributed by atoms with Gasteiger partial charge in [0.15, 0.2) is 11.6 Å². The van der Waals surface area contributed by atoms with Crippen LogP contribution in [0.5, 0.6) is 5.75 Å². The summed E-state index contributed by atoms with van der Waals surface area (Å²) >= 11 is 0. The maximum Gasteiger partial charge on any atom is 0.220 e. The number of nitrogens with one attached hydrogen (secondary N) is 1. The van der Waals surface area contributed by atoms with Gasteiger partial charge in [0.2, 0.25) is 5.91 Å². The lowest BCUT2D eigenvalue weighted by atomic mass is 9.58. The van der Waals surface area contributed by atoms with E-state index in [2.05, 4.69) is 19.2 Å². The van der Waals surface area contributed by atoms with Crippen LogP contribution in [-0.2, 0) is 9.53 Å². The van der Waals surface area contributed by atoms with Gasteiger partial charge < -0.3 is 14.8 Å². The summed E-state index contributed by atoms with van der Waals surface area (Å²) in [7, 11) is 1.49. The minimum Gasteiger partial charge on any atom is -0.494 e. The number of amides is 1. The number of halogens is 1. The largest absolute Gasteiger partial charge is 0.494 e. The molecule has 1 saturated heterocycles. The molecule has 4 nitrogen and oxygen atoms in total. The Labute approximate surface area is 167 Å². The fourth-order valence-electron chi connectivity index (χ4n) is 6.46. The maximum absolute atomic E-state index is 15.0. The number of carbonyl (C=O) groups excluding carboxylic acids is 1. The van der Waals surface area contributed by atoms with Crippen LogP contribution >= 0.6 is 0 Å². The first kappa shape index (κ1) is 19.7. The molecule has 28 heavy (non-hydrogen) atoms. The molecule has 2 aliphatic carbocycles. The summed E-state index contributed by atoms with van der Waals surface area (Å²) in [5.74, 6) is 0.810. The zero-order valence-electron chi connectivity index (χ0n) is 17.4. The van der Waals surface area contributed by atoms with Crippen molar-refractivity contribution in [3.05, 3.63) is 29.6 Å². The molecular formula is C23H32FNO3. The zero-order chi connectivity index (χ0) is 20.1. The summed E-state index contributed by atoms with van der Waals surface area (Å²) in [6.07, 6.45) is 4.16. The quantitative estimate of drug-likeness (QED) is 0.798. The fraction of sp³-hybridized carbons (Fsp3) is 0.696. The van der Waals surface area contributed by atoms with E-state index in [-0.39, 0.29) is 46.4 Å². The zero-order valence-corrected chi connectivity index (χ0v) is 17.4. The molecule has 1 N–H and O–H groups in total. The second-order valence-electron chi connectivity index (χ2n) is 9.45. The average molecular weight is 390 g/mol. The van der Waals surface area contributed by atoms with Crippen LogP contribution in [0.25, 0.3) is 0 Å². The number of fused-ring (bicyclic) bond motifs is 1. The Balaban J connectivity index is 1.69. The predicted molar refractivity (Wildman–Crippen MR) is 106 cm³/mol. The highest BCUT2D eigenvalue weighted by Crippen LogP contribution is 2.70. The third-order valence-corrected chi connectivity index (χ3v) is 7.81. The Morgan fingerprint density at radius 3 is 2.89 bits per heavy atom. The number of carbonyl (C=O) groups is 1. The van der Waals surface area contributed by atoms with Gasteiger partial charge in [0.1, 0.15) is 0 Å². The van der Waals surface area contributed by atoms with E-state index in [1.165, 1.54) is 7.11 Å². The molecule has 1 heterocycles. The highest BCUT2D eigenvalue weighted by atomic mass is 19.1. The minimum atomic E-state index is -0.319. The van der Waals surface area contributed by atoms with Crippen LogP contribution in [0.4, 0.5) is 4.39 Å². The van der Waals surface area contributed by atoms with Crippen molar-refractivity contribution >= 4 is 5.91 Å². The lowest BCUT2D eigenvalue weighted by Gasteiger charge is -2.53. The summed E-state index contributed by atoms with van der Waals surface area (Å²) in [6, 6.07) is 5.42. The van der Waals surface area contributed by atoms with E-state index in [4.69, 9.17) is 9.47 Å². The summed E-state index contributed by atoms with van der Waals surface area (Å²) in [5.41, 5.74) is 0.623. The van der Waals surface area contributed by atoms with Gasteiger partial charge in [0, 0.05) is 24.6 Å². The molecule has 5 atom stereocenters. The van der Waals surface area contributed by atoms with E-state index in [1.807, 2.05) is 19.1 Å². The second-order valence-corrected chi connectivity index (χ2v) is 9.45. The van der Waals surface area contributed by atoms with E-state index < -0.39 is 0 Å². The molecule has 2 saturated carbocycles. The Morgan fingerprint density at radius 2 is 2.18 bits per heavy atom. The number of rotatable bonds is 5. The second kappa shape index (κ2) is 7.01. The number of hydrogen-bond acceptors (Lipinski definition) is 3. The fourth-order valence-corrected chi connectivity index (χ4v) is 6.46. The maximum atomic E-state index is 15.0. The summed E-state index contributed by atoms with van der Waals surface area (Å²) in [5, 5.41) is 3.39. The molecule has 1 aromatic carbocycles. The van der Waals surface area contributed by atoms with Crippen molar-refractivity contribution in [2.75, 3.05) is 13.7 Å². The van der Waals surface area contributed by atoms with Crippen LogP contribution in [0.3, 0.4) is 0 Å². The van der Waals surface area contributed by atoms with E-state index >= 15 is 4.39 Å². The number of benzene rings is 1. The van der Waals surface area contributed by atoms with Gasteiger partial charge in [0.25, 0.3) is 0 Å². The molecule has 0 radical (unpaired) electrons. The molecule has 4 rings (SSSR count). The first-order valence-electron chi connectivity index (χ1n) is 10.6. The van der Waals surface area contributed by atoms with Crippen LogP contribution in [0.1, 0.15) is 64.5 Å². The molecule has 1 aromatic rings. The van der Waals surface area contributed by atoms with Crippen molar-refractivity contribution in [2.45, 2.75) is 65.0 Å². The Bertz CT molecular complexity index is 764. The molecule has 154 valence electrons. The third-order valence-electron chi connectivity index (χ3n) is 7.81. The molecule has 3 fully saturated rings. The SMILES string of the molecule is CCCC(=O)N[C@@H]1C(C)(C)[C@@H]2C[C@@H]3[C@@H](c4cccc(OC)c4F)OCC[C@@]31C2. The van der Waals surface area contributed by atoms with Gasteiger partial charge in [-0.25, -0.2) is 4.39 Å². The minimum absolute atomic E-state index is 0.0179. The van der Waals surface area contributed by atoms with E-state index in [1.54, 1.807) is 6.07 Å². The topological polar surface area (TPSA) is 47.6 Å². The van der Waals surface area contributed by atoms with Gasteiger partial charge in [-0.1, -0.05) is 32.9 Å². The monoisotopic (exact) mass is 389 g/mol. The van der Waals surface area contributed by atoms with Crippen molar-refractivity contribution in [1.82, 2.24) is 5.32 Å². The van der Waals surface area contributed by atoms with Gasteiger partial charge in [-0.2, -0.15) is 0 Å². The molecular weight excluding hydrogens is 357 g/mol. The van der Waals surface area contributed by atoms with Crippen molar-refractivity contribution in [1.29, 1.82) is 0 Å². The van der Waals surface area contributed by atoms with Crippen LogP contribution in [0, 0.1) is 28.5 Å². The Hall–Kier alpha value is -1.62. The highest BCUT2D eigenvalue weighted by molar-refractivity contribution is 5.76. The van der Waals surface area contributed by atoms with Crippen molar-refractivity contribution < 1.29 is 18.7 Å². The molecule has 2 bridgehead atoms. The average Bonchev–Trinajstić information content (AvgIpc) is 3.15. The van der Waals surface area contributed by atoms with Crippen molar-refractivity contribution in [3.8, 4) is 5.75 Å². The number of methoxy groups -OCH3 is 1. The summed E-state index contributed by atoms with van der Waals surface area (Å²) < 4.78 is 26.4. The van der Waals surface area contributed by atoms with Gasteiger partial charge in [-0.3, -0.25) is 4.79 Å². The molecule has 3 aliphatic rings. The molecule has 5 heteroatoms. The normalized spacial score (nSPS) is 35.5. The van der Waals surface area contributed by atoms with Gasteiger partial charge in [-0.15, -0.1) is 0 Å². The van der Waals surface area contributed by atoms with Crippen molar-refractivity contribution in [3.63, 3.8) is 0 Å². The molecule has 0 aromatic heterocycles. The standard InChI is InChI=1S/C23H32FNO3/c1-5-7-18(26)25-21-22(2,3)14-12-16-20(28-11-10-23(16,21)13-14)15-8-6-9-17(27-4)19(15)24/h6,8-9,14,16,20-21H,5,7,10-13H2,1-4H3,(H,25,26)/t14-,16-,20-,21-,23-/m1/s1. The summed E-state index contributed by atoms with van der Waals surface area (Å²) in [4.78, 5) is 12.5. The van der Waals surface area contributed by atoms with Gasteiger partial charge >= 0.3 is 0 Å². The number of ether oxygens (including phenoxy) is 2. The Kier molecular flexibility index (Phi) is 4.93. The molecule has 1 amide bonds. The predicted octanol–water partition coefficient (Wildman–Crippen LogP) is 4.63. The first-order valence-corrected chi connectivity index (χ1v) is 10.6. The first-order chi connectivity index (χ1) is 13.3. The smallest absolute Gasteiger partial charge is 0.220 e. The molecule has 1 spiro atoms. The Morgan fingerprint density at radius 1 is 1.39 bits per heavy atom. The van der Waals surface area contributed by atoms with Crippen LogP contribution in [0.15, 0.2) is 18.2 Å². The van der Waals surface area contributed by atoms with Crippen LogP contribution < -0.4 is 10.1 Å². The lowest BCUT2D eigenvalue weighted by molar-refractivity contribution is -0.137. The van der Waals surface area contributed by atoms with Gasteiger partial charge in [-0.05, 0) is 54.4 Å².